The summed E-state index contributed by atoms with van der Waals surface area (Å²) in [6.45, 7) is 0. The maximum atomic E-state index is 12.1. The van der Waals surface area contributed by atoms with Gasteiger partial charge in [-0.15, -0.1) is 11.8 Å². The molecule has 0 heterocycles. The lowest BCUT2D eigenvalue weighted by Gasteiger charge is -2.08. The molecule has 2 rings (SSSR count). The SMILES string of the molecule is COc1ccc(/C=C/C(=O)Nc2ccccc2SC)cc1OC. The third-order valence-corrected chi connectivity index (χ3v) is 4.00. The van der Waals surface area contributed by atoms with E-state index in [0.717, 1.165) is 16.1 Å². The number of amides is 1. The molecule has 23 heavy (non-hydrogen) atoms. The smallest absolute Gasteiger partial charge is 0.248 e. The Kier molecular flexibility index (Phi) is 6.11. The van der Waals surface area contributed by atoms with Gasteiger partial charge in [-0.05, 0) is 42.2 Å². The van der Waals surface area contributed by atoms with Crippen molar-refractivity contribution in [3.63, 3.8) is 0 Å². The second kappa shape index (κ2) is 8.29. The second-order valence-electron chi connectivity index (χ2n) is 4.64. The number of carbonyl (C=O) groups is 1. The first kappa shape index (κ1) is 17.0. The molecule has 2 aromatic carbocycles. The van der Waals surface area contributed by atoms with Crippen molar-refractivity contribution in [3.8, 4) is 11.5 Å². The lowest BCUT2D eigenvalue weighted by molar-refractivity contribution is -0.111. The van der Waals surface area contributed by atoms with Crippen molar-refractivity contribution in [3.05, 3.63) is 54.1 Å². The lowest BCUT2D eigenvalue weighted by Crippen LogP contribution is -2.08. The minimum Gasteiger partial charge on any atom is -0.493 e. The number of carbonyl (C=O) groups excluding carboxylic acids is 1. The van der Waals surface area contributed by atoms with Gasteiger partial charge in [-0.25, -0.2) is 0 Å². The van der Waals surface area contributed by atoms with E-state index in [0.29, 0.717) is 11.5 Å². The van der Waals surface area contributed by atoms with Crippen LogP contribution in [0.1, 0.15) is 5.56 Å². The molecule has 0 aromatic heterocycles. The molecule has 0 aliphatic carbocycles. The lowest BCUT2D eigenvalue weighted by atomic mass is 10.2. The molecule has 0 fully saturated rings. The minimum atomic E-state index is -0.179. The average molecular weight is 329 g/mol. The van der Waals surface area contributed by atoms with Crippen molar-refractivity contribution >= 4 is 29.4 Å². The van der Waals surface area contributed by atoms with Gasteiger partial charge in [0, 0.05) is 11.0 Å². The predicted octanol–water partition coefficient (Wildman–Crippen LogP) is 4.08. The van der Waals surface area contributed by atoms with Crippen LogP contribution in [0.5, 0.6) is 11.5 Å². The molecule has 0 bridgehead atoms. The summed E-state index contributed by atoms with van der Waals surface area (Å²) in [4.78, 5) is 13.1. The maximum Gasteiger partial charge on any atom is 0.248 e. The van der Waals surface area contributed by atoms with E-state index in [9.17, 15) is 4.79 Å². The molecule has 0 unspecified atom stereocenters. The summed E-state index contributed by atoms with van der Waals surface area (Å²) >= 11 is 1.59. The van der Waals surface area contributed by atoms with Crippen molar-refractivity contribution in [2.24, 2.45) is 0 Å². The van der Waals surface area contributed by atoms with Gasteiger partial charge in [0.25, 0.3) is 0 Å². The quantitative estimate of drug-likeness (QED) is 0.641. The van der Waals surface area contributed by atoms with Crippen LogP contribution in [0.15, 0.2) is 53.4 Å². The number of thioether (sulfide) groups is 1. The third-order valence-electron chi connectivity index (χ3n) is 3.20. The zero-order valence-corrected chi connectivity index (χ0v) is 14.1. The Labute approximate surface area is 140 Å². The standard InChI is InChI=1S/C18H19NO3S/c1-21-15-10-8-13(12-16(15)22-2)9-11-18(20)19-14-6-4-5-7-17(14)23-3/h4-12H,1-3H3,(H,19,20)/b11-9+. The molecule has 1 N–H and O–H groups in total. The molecule has 0 saturated heterocycles. The van der Waals surface area contributed by atoms with Gasteiger partial charge in [0.15, 0.2) is 11.5 Å². The summed E-state index contributed by atoms with van der Waals surface area (Å²) in [6, 6.07) is 13.2. The first-order valence-corrected chi connectivity index (χ1v) is 8.24. The fourth-order valence-corrected chi connectivity index (χ4v) is 2.60. The van der Waals surface area contributed by atoms with Crippen molar-refractivity contribution in [2.75, 3.05) is 25.8 Å². The molecule has 0 radical (unpaired) electrons. The Morgan fingerprint density at radius 3 is 2.52 bits per heavy atom. The highest BCUT2D eigenvalue weighted by molar-refractivity contribution is 7.98. The van der Waals surface area contributed by atoms with E-state index < -0.39 is 0 Å². The highest BCUT2D eigenvalue weighted by Crippen LogP contribution is 2.28. The number of rotatable bonds is 6. The van der Waals surface area contributed by atoms with Crippen LogP contribution in [0.3, 0.4) is 0 Å². The number of hydrogen-bond donors (Lipinski definition) is 1. The van der Waals surface area contributed by atoms with E-state index >= 15 is 0 Å². The fraction of sp³-hybridized carbons (Fsp3) is 0.167. The van der Waals surface area contributed by atoms with Crippen LogP contribution >= 0.6 is 11.8 Å². The number of methoxy groups -OCH3 is 2. The normalized spacial score (nSPS) is 10.6. The van der Waals surface area contributed by atoms with Gasteiger partial charge < -0.3 is 14.8 Å². The van der Waals surface area contributed by atoms with Crippen LogP contribution in [-0.2, 0) is 4.79 Å². The summed E-state index contributed by atoms with van der Waals surface area (Å²) in [5.41, 5.74) is 1.66. The zero-order valence-electron chi connectivity index (χ0n) is 13.3. The van der Waals surface area contributed by atoms with E-state index in [1.54, 1.807) is 38.1 Å². The summed E-state index contributed by atoms with van der Waals surface area (Å²) in [6.07, 6.45) is 5.21. The molecule has 4 nitrogen and oxygen atoms in total. The Hall–Kier alpha value is -2.40. The van der Waals surface area contributed by atoms with Crippen LogP contribution < -0.4 is 14.8 Å². The van der Waals surface area contributed by atoms with Gasteiger partial charge in [-0.2, -0.15) is 0 Å². The van der Waals surface area contributed by atoms with E-state index in [4.69, 9.17) is 9.47 Å². The topological polar surface area (TPSA) is 47.6 Å². The molecule has 0 spiro atoms. The molecule has 2 aromatic rings. The number of hydrogen-bond acceptors (Lipinski definition) is 4. The summed E-state index contributed by atoms with van der Waals surface area (Å²) in [5, 5.41) is 2.88. The average Bonchev–Trinajstić information content (AvgIpc) is 2.60. The number of anilines is 1. The van der Waals surface area contributed by atoms with Gasteiger partial charge >= 0.3 is 0 Å². The van der Waals surface area contributed by atoms with Gasteiger partial charge in [0.2, 0.25) is 5.91 Å². The Morgan fingerprint density at radius 1 is 1.09 bits per heavy atom. The van der Waals surface area contributed by atoms with Gasteiger partial charge in [0.1, 0.15) is 0 Å². The van der Waals surface area contributed by atoms with Crippen molar-refractivity contribution in [1.29, 1.82) is 0 Å². The molecular weight excluding hydrogens is 310 g/mol. The van der Waals surface area contributed by atoms with Gasteiger partial charge in [-0.1, -0.05) is 18.2 Å². The molecular formula is C18H19NO3S. The summed E-state index contributed by atoms with van der Waals surface area (Å²) in [7, 11) is 3.17. The van der Waals surface area contributed by atoms with Crippen LogP contribution in [0.4, 0.5) is 5.69 Å². The Bertz CT molecular complexity index is 713. The maximum absolute atomic E-state index is 12.1. The summed E-state index contributed by atoms with van der Waals surface area (Å²) in [5.74, 6) is 1.10. The number of nitrogens with one attached hydrogen (secondary N) is 1. The number of para-hydroxylation sites is 1. The largest absolute Gasteiger partial charge is 0.493 e. The van der Waals surface area contributed by atoms with Crippen LogP contribution in [-0.4, -0.2) is 26.4 Å². The molecule has 0 aliphatic heterocycles. The molecule has 5 heteroatoms. The predicted molar refractivity (Wildman–Crippen MR) is 95.4 cm³/mol. The minimum absolute atomic E-state index is 0.179. The van der Waals surface area contributed by atoms with E-state index in [1.165, 1.54) is 6.08 Å². The fourth-order valence-electron chi connectivity index (χ4n) is 2.05. The highest BCUT2D eigenvalue weighted by atomic mass is 32.2. The van der Waals surface area contributed by atoms with Gasteiger partial charge in [-0.3, -0.25) is 4.79 Å². The van der Waals surface area contributed by atoms with Gasteiger partial charge in [0.05, 0.1) is 19.9 Å². The molecule has 1 amide bonds. The van der Waals surface area contributed by atoms with E-state index in [-0.39, 0.29) is 5.91 Å². The van der Waals surface area contributed by atoms with Crippen LogP contribution in [0, 0.1) is 0 Å². The van der Waals surface area contributed by atoms with Crippen LogP contribution in [0.2, 0.25) is 0 Å². The molecule has 0 atom stereocenters. The van der Waals surface area contributed by atoms with Crippen molar-refractivity contribution < 1.29 is 14.3 Å². The number of ether oxygens (including phenoxy) is 2. The zero-order chi connectivity index (χ0) is 16.7. The second-order valence-corrected chi connectivity index (χ2v) is 5.49. The molecule has 120 valence electrons. The first-order valence-electron chi connectivity index (χ1n) is 7.02. The Balaban J connectivity index is 2.09. The summed E-state index contributed by atoms with van der Waals surface area (Å²) < 4.78 is 10.4. The van der Waals surface area contributed by atoms with E-state index in [2.05, 4.69) is 5.32 Å². The first-order chi connectivity index (χ1) is 11.2. The van der Waals surface area contributed by atoms with Crippen molar-refractivity contribution in [2.45, 2.75) is 4.90 Å². The van der Waals surface area contributed by atoms with Crippen molar-refractivity contribution in [1.82, 2.24) is 0 Å². The number of benzene rings is 2. The molecule has 0 saturated carbocycles. The molecule has 0 aliphatic rings. The monoisotopic (exact) mass is 329 g/mol. The highest BCUT2D eigenvalue weighted by Gasteiger charge is 2.05. The third kappa shape index (κ3) is 4.53. The van der Waals surface area contributed by atoms with E-state index in [1.807, 2.05) is 42.7 Å². The Morgan fingerprint density at radius 2 is 1.83 bits per heavy atom. The van der Waals surface area contributed by atoms with Crippen LogP contribution in [0.25, 0.3) is 6.08 Å².